The Labute approximate surface area is 156 Å². The van der Waals surface area contributed by atoms with Crippen molar-refractivity contribution in [3.8, 4) is 5.75 Å². The molecule has 0 aliphatic carbocycles. The van der Waals surface area contributed by atoms with Crippen molar-refractivity contribution in [2.45, 2.75) is 6.54 Å². The number of Topliss-reactive ketones (excluding diaryl/α,β-unsaturated/α-hetero) is 1. The Morgan fingerprint density at radius 1 is 1.00 bits per heavy atom. The highest BCUT2D eigenvalue weighted by molar-refractivity contribution is 6.00. The van der Waals surface area contributed by atoms with Crippen LogP contribution < -0.4 is 10.1 Å². The number of esters is 1. The van der Waals surface area contributed by atoms with Gasteiger partial charge in [-0.05, 0) is 48.5 Å². The summed E-state index contributed by atoms with van der Waals surface area (Å²) >= 11 is 0. The second-order valence-corrected chi connectivity index (χ2v) is 5.71. The van der Waals surface area contributed by atoms with E-state index in [9.17, 15) is 9.59 Å². The van der Waals surface area contributed by atoms with Crippen LogP contribution in [-0.4, -0.2) is 25.5 Å². The number of para-hydroxylation sites is 1. The molecule has 0 saturated heterocycles. The molecule has 138 valence electrons. The first kappa shape index (κ1) is 18.3. The number of nitrogens with one attached hydrogen (secondary N) is 1. The van der Waals surface area contributed by atoms with Crippen LogP contribution in [0.4, 0.5) is 5.69 Å². The Morgan fingerprint density at radius 2 is 1.78 bits per heavy atom. The SMILES string of the molecule is COc1ccc(C(=O)COC(=O)c2ccccc2NCc2ccco2)cc1. The molecule has 1 aromatic heterocycles. The van der Waals surface area contributed by atoms with Crippen LogP contribution in [0.5, 0.6) is 5.75 Å². The summed E-state index contributed by atoms with van der Waals surface area (Å²) in [6.45, 7) is 0.0970. The van der Waals surface area contributed by atoms with Crippen LogP contribution in [0.1, 0.15) is 26.5 Å². The highest BCUT2D eigenvalue weighted by Gasteiger charge is 2.15. The number of benzene rings is 2. The normalized spacial score (nSPS) is 10.3. The van der Waals surface area contributed by atoms with Gasteiger partial charge in [-0.25, -0.2) is 4.79 Å². The summed E-state index contributed by atoms with van der Waals surface area (Å²) in [6, 6.07) is 17.2. The maximum atomic E-state index is 12.4. The molecule has 2 aromatic carbocycles. The smallest absolute Gasteiger partial charge is 0.340 e. The third kappa shape index (κ3) is 4.76. The second kappa shape index (κ2) is 8.71. The van der Waals surface area contributed by atoms with Gasteiger partial charge in [-0.1, -0.05) is 12.1 Å². The summed E-state index contributed by atoms with van der Waals surface area (Å²) in [5.41, 5.74) is 1.41. The van der Waals surface area contributed by atoms with Gasteiger partial charge >= 0.3 is 5.97 Å². The molecule has 1 heterocycles. The highest BCUT2D eigenvalue weighted by Crippen LogP contribution is 2.18. The fraction of sp³-hybridized carbons (Fsp3) is 0.143. The van der Waals surface area contributed by atoms with Crippen LogP contribution in [0.25, 0.3) is 0 Å². The quantitative estimate of drug-likeness (QED) is 0.481. The zero-order valence-corrected chi connectivity index (χ0v) is 14.8. The number of ketones is 1. The number of carbonyl (C=O) groups is 2. The Hall–Kier alpha value is -3.54. The maximum Gasteiger partial charge on any atom is 0.340 e. The molecule has 0 saturated carbocycles. The summed E-state index contributed by atoms with van der Waals surface area (Å²) in [4.78, 5) is 24.6. The van der Waals surface area contributed by atoms with E-state index in [1.54, 1.807) is 61.9 Å². The van der Waals surface area contributed by atoms with Gasteiger partial charge in [-0.15, -0.1) is 0 Å². The van der Waals surface area contributed by atoms with Crippen molar-refractivity contribution in [2.24, 2.45) is 0 Å². The van der Waals surface area contributed by atoms with Gasteiger partial charge in [-0.2, -0.15) is 0 Å². The highest BCUT2D eigenvalue weighted by atomic mass is 16.5. The average molecular weight is 365 g/mol. The van der Waals surface area contributed by atoms with Crippen LogP contribution in [-0.2, 0) is 11.3 Å². The number of hydrogen-bond donors (Lipinski definition) is 1. The van der Waals surface area contributed by atoms with E-state index in [4.69, 9.17) is 13.9 Å². The van der Waals surface area contributed by atoms with Crippen molar-refractivity contribution in [3.63, 3.8) is 0 Å². The second-order valence-electron chi connectivity index (χ2n) is 5.71. The van der Waals surface area contributed by atoms with E-state index in [2.05, 4.69) is 5.32 Å². The van der Waals surface area contributed by atoms with Crippen LogP contribution in [0.3, 0.4) is 0 Å². The van der Waals surface area contributed by atoms with E-state index in [0.717, 1.165) is 5.76 Å². The van der Waals surface area contributed by atoms with Crippen molar-refractivity contribution in [3.05, 3.63) is 83.8 Å². The molecule has 1 N–H and O–H groups in total. The topological polar surface area (TPSA) is 77.8 Å². The molecule has 0 atom stereocenters. The fourth-order valence-electron chi connectivity index (χ4n) is 2.48. The van der Waals surface area contributed by atoms with Gasteiger partial charge in [0.05, 0.1) is 25.5 Å². The number of furan rings is 1. The predicted molar refractivity (Wildman–Crippen MR) is 100 cm³/mol. The number of hydrogen-bond acceptors (Lipinski definition) is 6. The van der Waals surface area contributed by atoms with Gasteiger partial charge in [0.15, 0.2) is 12.4 Å². The van der Waals surface area contributed by atoms with Crippen LogP contribution in [0, 0.1) is 0 Å². The molecule has 27 heavy (non-hydrogen) atoms. The number of rotatable bonds is 8. The molecule has 0 aliphatic heterocycles. The van der Waals surface area contributed by atoms with Gasteiger partial charge in [0, 0.05) is 11.3 Å². The summed E-state index contributed by atoms with van der Waals surface area (Å²) in [5.74, 6) is 0.541. The third-order valence-corrected chi connectivity index (χ3v) is 3.93. The maximum absolute atomic E-state index is 12.4. The molecular weight excluding hydrogens is 346 g/mol. The van der Waals surface area contributed by atoms with E-state index < -0.39 is 5.97 Å². The van der Waals surface area contributed by atoms with Crippen LogP contribution in [0.15, 0.2) is 71.3 Å². The largest absolute Gasteiger partial charge is 0.497 e. The summed E-state index contributed by atoms with van der Waals surface area (Å²) in [6.07, 6.45) is 1.59. The van der Waals surface area contributed by atoms with Crippen molar-refractivity contribution < 1.29 is 23.5 Å². The minimum absolute atomic E-state index is 0.285. The molecular formula is C21H19NO5. The van der Waals surface area contributed by atoms with Gasteiger partial charge in [0.2, 0.25) is 0 Å². The van der Waals surface area contributed by atoms with Crippen molar-refractivity contribution in [1.82, 2.24) is 0 Å². The molecule has 0 unspecified atom stereocenters. The lowest BCUT2D eigenvalue weighted by Crippen LogP contribution is -2.15. The van der Waals surface area contributed by atoms with E-state index >= 15 is 0 Å². The van der Waals surface area contributed by atoms with Crippen molar-refractivity contribution in [2.75, 3.05) is 19.0 Å². The number of ether oxygens (including phenoxy) is 2. The molecule has 0 bridgehead atoms. The first-order chi connectivity index (χ1) is 13.2. The first-order valence-electron chi connectivity index (χ1n) is 8.37. The fourth-order valence-corrected chi connectivity index (χ4v) is 2.48. The molecule has 0 fully saturated rings. The molecule has 6 nitrogen and oxygen atoms in total. The molecule has 6 heteroatoms. The number of anilines is 1. The minimum atomic E-state index is -0.570. The number of methoxy groups -OCH3 is 1. The van der Waals surface area contributed by atoms with Gasteiger partial charge < -0.3 is 19.2 Å². The molecule has 0 amide bonds. The Morgan fingerprint density at radius 3 is 2.48 bits per heavy atom. The average Bonchev–Trinajstić information content (AvgIpc) is 3.24. The molecule has 0 spiro atoms. The van der Waals surface area contributed by atoms with Crippen molar-refractivity contribution in [1.29, 1.82) is 0 Å². The van der Waals surface area contributed by atoms with E-state index in [1.807, 2.05) is 12.1 Å². The minimum Gasteiger partial charge on any atom is -0.497 e. The zero-order chi connectivity index (χ0) is 19.1. The van der Waals surface area contributed by atoms with Crippen LogP contribution in [0.2, 0.25) is 0 Å². The summed E-state index contributed by atoms with van der Waals surface area (Å²) in [7, 11) is 1.55. The molecule has 0 aliphatic rings. The summed E-state index contributed by atoms with van der Waals surface area (Å²) < 4.78 is 15.5. The Bertz CT molecular complexity index is 901. The zero-order valence-electron chi connectivity index (χ0n) is 14.8. The van der Waals surface area contributed by atoms with E-state index in [-0.39, 0.29) is 12.4 Å². The lowest BCUT2D eigenvalue weighted by molar-refractivity contribution is 0.0475. The third-order valence-electron chi connectivity index (χ3n) is 3.93. The molecule has 0 radical (unpaired) electrons. The van der Waals surface area contributed by atoms with Gasteiger partial charge in [-0.3, -0.25) is 4.79 Å². The standard InChI is InChI=1S/C21H19NO5/c1-25-16-10-8-15(9-11-16)20(23)14-27-21(24)18-6-2-3-7-19(18)22-13-17-5-4-12-26-17/h2-12,22H,13-14H2,1H3. The molecule has 3 aromatic rings. The molecule has 3 rings (SSSR count). The lowest BCUT2D eigenvalue weighted by atomic mass is 10.1. The Kier molecular flexibility index (Phi) is 5.89. The predicted octanol–water partition coefficient (Wildman–Crippen LogP) is 3.94. The first-order valence-corrected chi connectivity index (χ1v) is 8.37. The van der Waals surface area contributed by atoms with Gasteiger partial charge in [0.25, 0.3) is 0 Å². The van der Waals surface area contributed by atoms with Gasteiger partial charge in [0.1, 0.15) is 11.5 Å². The van der Waals surface area contributed by atoms with Crippen molar-refractivity contribution >= 4 is 17.4 Å². The lowest BCUT2D eigenvalue weighted by Gasteiger charge is -2.11. The summed E-state index contributed by atoms with van der Waals surface area (Å²) in [5, 5.41) is 3.14. The Balaban J connectivity index is 1.61. The van der Waals surface area contributed by atoms with E-state index in [0.29, 0.717) is 29.1 Å². The number of carbonyl (C=O) groups excluding carboxylic acids is 2. The monoisotopic (exact) mass is 365 g/mol. The van der Waals surface area contributed by atoms with Crippen LogP contribution >= 0.6 is 0 Å². The van der Waals surface area contributed by atoms with E-state index in [1.165, 1.54) is 0 Å².